The maximum atomic E-state index is 12.3. The van der Waals surface area contributed by atoms with Gasteiger partial charge in [0.15, 0.2) is 0 Å². The van der Waals surface area contributed by atoms with Gasteiger partial charge >= 0.3 is 0 Å². The van der Waals surface area contributed by atoms with Crippen LogP contribution in [0.1, 0.15) is 6.92 Å². The normalized spacial score (nSPS) is 20.1. The molecule has 0 radical (unpaired) electrons. The quantitative estimate of drug-likeness (QED) is 0.756. The molecule has 1 saturated heterocycles. The van der Waals surface area contributed by atoms with E-state index in [2.05, 4.69) is 11.2 Å². The third kappa shape index (κ3) is 2.78. The van der Waals surface area contributed by atoms with Crippen LogP contribution in [0.4, 0.5) is 0 Å². The lowest BCUT2D eigenvalue weighted by Gasteiger charge is -2.34. The van der Waals surface area contributed by atoms with Crippen LogP contribution in [0.5, 0.6) is 0 Å². The van der Waals surface area contributed by atoms with Crippen molar-refractivity contribution in [3.05, 3.63) is 12.4 Å². The molecule has 2 heterocycles. The maximum absolute atomic E-state index is 12.3. The van der Waals surface area contributed by atoms with Crippen LogP contribution in [0.15, 0.2) is 17.3 Å². The zero-order chi connectivity index (χ0) is 14.0. The van der Waals surface area contributed by atoms with Crippen molar-refractivity contribution in [2.45, 2.75) is 17.9 Å². The van der Waals surface area contributed by atoms with Gasteiger partial charge in [0.25, 0.3) is 0 Å². The largest absolute Gasteiger partial charge is 0.286 e. The summed E-state index contributed by atoms with van der Waals surface area (Å²) in [7, 11) is -1.77. The van der Waals surface area contributed by atoms with Crippen molar-refractivity contribution in [1.82, 2.24) is 19.0 Å². The molecule has 1 aliphatic rings. The Morgan fingerprint density at radius 1 is 1.37 bits per heavy atom. The van der Waals surface area contributed by atoms with E-state index in [0.717, 1.165) is 0 Å². The second-order valence-electron chi connectivity index (χ2n) is 4.59. The number of aromatic nitrogens is 2. The molecule has 1 aliphatic heterocycles. The number of piperazine rings is 1. The van der Waals surface area contributed by atoms with Crippen LogP contribution in [0.2, 0.25) is 0 Å². The van der Waals surface area contributed by atoms with E-state index in [1.807, 2.05) is 11.8 Å². The monoisotopic (exact) mass is 283 g/mol. The number of aryl methyl sites for hydroxylation is 1. The Kier molecular flexibility index (Phi) is 3.89. The van der Waals surface area contributed by atoms with E-state index >= 15 is 0 Å². The summed E-state index contributed by atoms with van der Waals surface area (Å²) in [5, 5.41) is 12.8. The highest BCUT2D eigenvalue weighted by Crippen LogP contribution is 2.17. The zero-order valence-corrected chi connectivity index (χ0v) is 11.8. The fraction of sp³-hybridized carbons (Fsp3) is 0.636. The average molecular weight is 283 g/mol. The molecule has 1 aromatic heterocycles. The van der Waals surface area contributed by atoms with Gasteiger partial charge in [0, 0.05) is 39.4 Å². The highest BCUT2D eigenvalue weighted by molar-refractivity contribution is 7.89. The number of nitrogens with zero attached hydrogens (tertiary/aromatic N) is 5. The molecule has 1 fully saturated rings. The minimum absolute atomic E-state index is 0.178. The smallest absolute Gasteiger partial charge is 0.246 e. The van der Waals surface area contributed by atoms with Crippen LogP contribution >= 0.6 is 0 Å². The Morgan fingerprint density at radius 2 is 2.00 bits per heavy atom. The Balaban J connectivity index is 2.08. The van der Waals surface area contributed by atoms with Gasteiger partial charge in [-0.2, -0.15) is 14.7 Å². The molecule has 0 bridgehead atoms. The Bertz CT molecular complexity index is 580. The van der Waals surface area contributed by atoms with E-state index in [1.165, 1.54) is 21.4 Å². The molecule has 1 unspecified atom stereocenters. The van der Waals surface area contributed by atoms with Crippen LogP contribution < -0.4 is 0 Å². The van der Waals surface area contributed by atoms with Crippen LogP contribution in [0.25, 0.3) is 0 Å². The highest BCUT2D eigenvalue weighted by atomic mass is 32.2. The van der Waals surface area contributed by atoms with Crippen molar-refractivity contribution in [2.24, 2.45) is 7.05 Å². The first-order valence-electron chi connectivity index (χ1n) is 6.07. The summed E-state index contributed by atoms with van der Waals surface area (Å²) < 4.78 is 27.6. The molecule has 1 aromatic rings. The Morgan fingerprint density at radius 3 is 2.47 bits per heavy atom. The molecule has 0 N–H and O–H groups in total. The van der Waals surface area contributed by atoms with E-state index in [1.54, 1.807) is 7.05 Å². The van der Waals surface area contributed by atoms with Crippen molar-refractivity contribution in [3.8, 4) is 6.07 Å². The van der Waals surface area contributed by atoms with Crippen molar-refractivity contribution >= 4 is 10.0 Å². The van der Waals surface area contributed by atoms with E-state index < -0.39 is 10.0 Å². The van der Waals surface area contributed by atoms with Crippen LogP contribution in [-0.4, -0.2) is 59.6 Å². The third-order valence-electron chi connectivity index (χ3n) is 3.33. The summed E-state index contributed by atoms with van der Waals surface area (Å²) in [6.45, 7) is 3.79. The van der Waals surface area contributed by atoms with Gasteiger partial charge in [-0.15, -0.1) is 0 Å². The minimum Gasteiger partial charge on any atom is -0.286 e. The first kappa shape index (κ1) is 14.0. The molecule has 7 nitrogen and oxygen atoms in total. The second kappa shape index (κ2) is 5.28. The molecule has 0 aliphatic carbocycles. The first-order chi connectivity index (χ1) is 8.95. The van der Waals surface area contributed by atoms with Crippen LogP contribution in [-0.2, 0) is 17.1 Å². The van der Waals surface area contributed by atoms with E-state index in [-0.39, 0.29) is 10.9 Å². The van der Waals surface area contributed by atoms with Crippen LogP contribution in [0.3, 0.4) is 0 Å². The van der Waals surface area contributed by atoms with Gasteiger partial charge in [-0.05, 0) is 6.92 Å². The minimum atomic E-state index is -3.46. The fourth-order valence-electron chi connectivity index (χ4n) is 2.09. The number of rotatable bonds is 3. The summed E-state index contributed by atoms with van der Waals surface area (Å²) in [4.78, 5) is 2.20. The Labute approximate surface area is 113 Å². The van der Waals surface area contributed by atoms with Gasteiger partial charge in [-0.3, -0.25) is 9.58 Å². The van der Waals surface area contributed by atoms with E-state index in [9.17, 15) is 8.42 Å². The summed E-state index contributed by atoms with van der Waals surface area (Å²) in [5.74, 6) is 0. The number of hydrogen-bond acceptors (Lipinski definition) is 5. The number of sulfonamides is 1. The molecular formula is C11H17N5O2S. The summed E-state index contributed by atoms with van der Waals surface area (Å²) in [6, 6.07) is 1.99. The lowest BCUT2D eigenvalue weighted by molar-refractivity contribution is 0.169. The number of hydrogen-bond donors (Lipinski definition) is 0. The predicted octanol–water partition coefficient (Wildman–Crippen LogP) is -0.362. The standard InChI is InChI=1S/C11H17N5O2S/c1-10(7-12)15-3-5-16(6-4-15)19(17,18)11-8-13-14(2)9-11/h8-10H,3-6H2,1-2H3. The maximum Gasteiger partial charge on any atom is 0.246 e. The summed E-state index contributed by atoms with van der Waals surface area (Å²) in [6.07, 6.45) is 2.86. The van der Waals surface area contributed by atoms with Gasteiger partial charge in [-0.1, -0.05) is 0 Å². The molecule has 0 saturated carbocycles. The highest BCUT2D eigenvalue weighted by Gasteiger charge is 2.30. The van der Waals surface area contributed by atoms with Crippen molar-refractivity contribution in [2.75, 3.05) is 26.2 Å². The van der Waals surface area contributed by atoms with Gasteiger partial charge in [-0.25, -0.2) is 8.42 Å². The van der Waals surface area contributed by atoms with Gasteiger partial charge in [0.05, 0.1) is 18.3 Å². The van der Waals surface area contributed by atoms with E-state index in [0.29, 0.717) is 26.2 Å². The molecule has 0 amide bonds. The van der Waals surface area contributed by atoms with Crippen molar-refractivity contribution in [3.63, 3.8) is 0 Å². The predicted molar refractivity (Wildman–Crippen MR) is 68.6 cm³/mol. The molecule has 1 atom stereocenters. The molecule has 0 spiro atoms. The summed E-state index contributed by atoms with van der Waals surface area (Å²) in [5.41, 5.74) is 0. The zero-order valence-electron chi connectivity index (χ0n) is 11.0. The molecular weight excluding hydrogens is 266 g/mol. The Hall–Kier alpha value is -1.43. The van der Waals surface area contributed by atoms with Crippen molar-refractivity contribution < 1.29 is 8.42 Å². The SMILES string of the molecule is CC(C#N)N1CCN(S(=O)(=O)c2cnn(C)c2)CC1. The number of nitriles is 1. The average Bonchev–Trinajstić information content (AvgIpc) is 2.85. The van der Waals surface area contributed by atoms with E-state index in [4.69, 9.17) is 5.26 Å². The molecule has 0 aromatic carbocycles. The van der Waals surface area contributed by atoms with Gasteiger partial charge in [0.2, 0.25) is 10.0 Å². The molecule has 8 heteroatoms. The van der Waals surface area contributed by atoms with Crippen LogP contribution in [0, 0.1) is 11.3 Å². The van der Waals surface area contributed by atoms with Gasteiger partial charge < -0.3 is 0 Å². The lowest BCUT2D eigenvalue weighted by Crippen LogP contribution is -2.50. The van der Waals surface area contributed by atoms with Gasteiger partial charge in [0.1, 0.15) is 4.90 Å². The topological polar surface area (TPSA) is 82.2 Å². The fourth-order valence-corrected chi connectivity index (χ4v) is 3.50. The molecule has 104 valence electrons. The molecule has 2 rings (SSSR count). The first-order valence-corrected chi connectivity index (χ1v) is 7.51. The second-order valence-corrected chi connectivity index (χ2v) is 6.53. The molecule has 19 heavy (non-hydrogen) atoms. The third-order valence-corrected chi connectivity index (χ3v) is 5.18. The lowest BCUT2D eigenvalue weighted by atomic mass is 10.2. The van der Waals surface area contributed by atoms with Crippen molar-refractivity contribution in [1.29, 1.82) is 5.26 Å². The summed E-state index contributed by atoms with van der Waals surface area (Å²) >= 11 is 0.